The molecule has 0 bridgehead atoms. The van der Waals surface area contributed by atoms with Crippen LogP contribution in [0.1, 0.15) is 24.8 Å². The van der Waals surface area contributed by atoms with Crippen LogP contribution in [-0.2, 0) is 4.79 Å². The van der Waals surface area contributed by atoms with E-state index < -0.39 is 30.0 Å². The van der Waals surface area contributed by atoms with Gasteiger partial charge in [0.1, 0.15) is 48.0 Å². The fourth-order valence-electron chi connectivity index (χ4n) is 8.07. The lowest BCUT2D eigenvalue weighted by molar-refractivity contribution is -0.148. The number of hydrogen-bond donors (Lipinski definition) is 2. The lowest BCUT2D eigenvalue weighted by Crippen LogP contribution is -2.73. The summed E-state index contributed by atoms with van der Waals surface area (Å²) in [5.41, 5.74) is -0.923. The first-order valence-electron chi connectivity index (χ1n) is 15.6. The average molecular weight is 645 g/mol. The van der Waals surface area contributed by atoms with Gasteiger partial charge in [0.2, 0.25) is 5.91 Å². The van der Waals surface area contributed by atoms with Crippen LogP contribution in [0.4, 0.5) is 19.0 Å². The first-order chi connectivity index (χ1) is 22.6. The van der Waals surface area contributed by atoms with Crippen molar-refractivity contribution in [1.29, 1.82) is 0 Å². The molecular formula is C34H31F3N6O4. The van der Waals surface area contributed by atoms with Crippen LogP contribution in [0.2, 0.25) is 0 Å². The third-order valence-electron chi connectivity index (χ3n) is 10.2. The summed E-state index contributed by atoms with van der Waals surface area (Å²) in [6.45, 7) is 2.77. The highest BCUT2D eigenvalue weighted by atomic mass is 19.1. The number of amides is 1. The van der Waals surface area contributed by atoms with E-state index in [0.29, 0.717) is 55.7 Å². The van der Waals surface area contributed by atoms with Crippen molar-refractivity contribution in [1.82, 2.24) is 24.8 Å². The van der Waals surface area contributed by atoms with E-state index in [1.807, 2.05) is 4.90 Å². The van der Waals surface area contributed by atoms with Gasteiger partial charge in [0.25, 0.3) is 0 Å². The van der Waals surface area contributed by atoms with Gasteiger partial charge in [0.05, 0.1) is 16.5 Å². The topological polar surface area (TPSA) is 115 Å². The highest BCUT2D eigenvalue weighted by Crippen LogP contribution is 2.45. The Balaban J connectivity index is 1.21. The van der Waals surface area contributed by atoms with E-state index in [1.165, 1.54) is 30.5 Å². The number of likely N-dealkylation sites (tertiary alicyclic amines) is 1. The summed E-state index contributed by atoms with van der Waals surface area (Å²) in [5, 5.41) is 20.7. The summed E-state index contributed by atoms with van der Waals surface area (Å²) in [5.74, 6) is 0.725. The molecule has 2 aromatic carbocycles. The lowest BCUT2D eigenvalue weighted by atomic mass is 9.72. The number of phenolic OH excluding ortho intramolecular Hbond substituents is 1. The number of terminal acetylenes is 1. The lowest BCUT2D eigenvalue weighted by Gasteiger charge is -2.60. The van der Waals surface area contributed by atoms with Gasteiger partial charge in [0, 0.05) is 61.7 Å². The van der Waals surface area contributed by atoms with Crippen LogP contribution in [0.3, 0.4) is 0 Å². The second kappa shape index (κ2) is 10.7. The van der Waals surface area contributed by atoms with Gasteiger partial charge < -0.3 is 24.7 Å². The number of pyridine rings is 1. The summed E-state index contributed by atoms with van der Waals surface area (Å²) in [6, 6.07) is 5.27. The molecule has 4 fully saturated rings. The Labute approximate surface area is 267 Å². The quantitative estimate of drug-likeness (QED) is 0.305. The Kier molecular flexibility index (Phi) is 6.75. The van der Waals surface area contributed by atoms with Crippen molar-refractivity contribution >= 4 is 33.4 Å². The van der Waals surface area contributed by atoms with E-state index in [0.717, 1.165) is 19.4 Å². The van der Waals surface area contributed by atoms with Crippen molar-refractivity contribution in [3.05, 3.63) is 47.7 Å². The number of halogens is 3. The predicted molar refractivity (Wildman–Crippen MR) is 167 cm³/mol. The Hall–Kier alpha value is -4.67. The van der Waals surface area contributed by atoms with Crippen LogP contribution >= 0.6 is 0 Å². The molecule has 0 aliphatic carbocycles. The zero-order valence-electron chi connectivity index (χ0n) is 25.3. The van der Waals surface area contributed by atoms with Crippen LogP contribution in [0.5, 0.6) is 11.8 Å². The second-order valence-electron chi connectivity index (χ2n) is 13.3. The van der Waals surface area contributed by atoms with E-state index in [4.69, 9.17) is 16.1 Å². The van der Waals surface area contributed by atoms with Crippen molar-refractivity contribution in [3.8, 4) is 35.4 Å². The fraction of sp³-hybridized carbons (Fsp3) is 0.412. The van der Waals surface area contributed by atoms with Gasteiger partial charge in [-0.3, -0.25) is 14.7 Å². The molecule has 0 radical (unpaired) electrons. The van der Waals surface area contributed by atoms with E-state index >= 15 is 4.39 Å². The fourth-order valence-corrected chi connectivity index (χ4v) is 8.07. The Morgan fingerprint density at radius 3 is 2.74 bits per heavy atom. The molecule has 10 nitrogen and oxygen atoms in total. The molecule has 4 aromatic rings. The average Bonchev–Trinajstić information content (AvgIpc) is 3.54. The number of hydrogen-bond acceptors (Lipinski definition) is 9. The normalized spacial score (nSPS) is 23.2. The summed E-state index contributed by atoms with van der Waals surface area (Å²) < 4.78 is 52.2. The highest BCUT2D eigenvalue weighted by molar-refractivity contribution is 6.03. The molecule has 47 heavy (non-hydrogen) atoms. The molecular weight excluding hydrogens is 613 g/mol. The summed E-state index contributed by atoms with van der Waals surface area (Å²) >= 11 is 0. The van der Waals surface area contributed by atoms with Gasteiger partial charge in [-0.2, -0.15) is 9.97 Å². The number of fused-ring (bicyclic) bond motifs is 3. The highest BCUT2D eigenvalue weighted by Gasteiger charge is 2.54. The number of nitrogens with zero attached hydrogens (tertiary/aromatic N) is 6. The maximum Gasteiger partial charge on any atom is 0.319 e. The summed E-state index contributed by atoms with van der Waals surface area (Å²) in [6.07, 6.45) is 8.17. The number of phenols is 1. The number of rotatable bonds is 6. The van der Waals surface area contributed by atoms with Gasteiger partial charge in [-0.15, -0.1) is 6.42 Å². The molecule has 2 atom stereocenters. The zero-order valence-corrected chi connectivity index (χ0v) is 25.3. The van der Waals surface area contributed by atoms with Crippen LogP contribution < -0.4 is 9.64 Å². The van der Waals surface area contributed by atoms with Crippen molar-refractivity contribution in [2.24, 2.45) is 5.41 Å². The van der Waals surface area contributed by atoms with Gasteiger partial charge >= 0.3 is 6.01 Å². The number of alkyl halides is 1. The minimum Gasteiger partial charge on any atom is -0.508 e. The number of aliphatic hydroxyl groups is 1. The largest absolute Gasteiger partial charge is 0.508 e. The molecule has 8 rings (SSSR count). The van der Waals surface area contributed by atoms with Crippen molar-refractivity contribution in [2.75, 3.05) is 57.4 Å². The smallest absolute Gasteiger partial charge is 0.319 e. The standard InChI is InChI=1S/C34H31F3N6O4/c1-2-22-25(36)5-4-19-8-21(45)9-23(27(19)22)29-28(37)30-24(11-38-29)31(42-16-33(17-42)14-41(15-33)26(46)13-44)40-32(39-30)47-18-34-6-3-7-43(34)12-20(35)10-34/h1,4-5,8-9,11,20,44-45H,3,6-7,10,12-18H2/t20-,34+/m1/s1. The number of anilines is 1. The molecule has 0 unspecified atom stereocenters. The number of aromatic nitrogens is 3. The van der Waals surface area contributed by atoms with Gasteiger partial charge in [-0.05, 0) is 43.0 Å². The molecule has 2 N–H and O–H groups in total. The number of aromatic hydroxyl groups is 1. The van der Waals surface area contributed by atoms with E-state index in [2.05, 4.69) is 20.8 Å². The first kappa shape index (κ1) is 29.7. The molecule has 13 heteroatoms. The third kappa shape index (κ3) is 4.64. The van der Waals surface area contributed by atoms with Gasteiger partial charge in [-0.25, -0.2) is 13.2 Å². The maximum atomic E-state index is 16.7. The minimum atomic E-state index is -0.954. The van der Waals surface area contributed by atoms with E-state index in [9.17, 15) is 23.8 Å². The molecule has 1 spiro atoms. The monoisotopic (exact) mass is 644 g/mol. The van der Waals surface area contributed by atoms with Crippen molar-refractivity contribution < 1.29 is 32.9 Å². The van der Waals surface area contributed by atoms with Crippen molar-refractivity contribution in [2.45, 2.75) is 31.0 Å². The molecule has 2 aromatic heterocycles. The van der Waals surface area contributed by atoms with Gasteiger partial charge in [0.15, 0.2) is 5.82 Å². The molecule has 242 valence electrons. The third-order valence-corrected chi connectivity index (χ3v) is 10.2. The van der Waals surface area contributed by atoms with Crippen LogP contribution in [0, 0.1) is 29.4 Å². The minimum absolute atomic E-state index is 0.0742. The molecule has 0 saturated carbocycles. The number of aliphatic hydroxyl groups excluding tert-OH is 1. The molecule has 1 amide bonds. The molecule has 4 aliphatic heterocycles. The number of carbonyl (C=O) groups is 1. The zero-order chi connectivity index (χ0) is 32.7. The Morgan fingerprint density at radius 1 is 1.17 bits per heavy atom. The SMILES string of the molecule is C#Cc1c(F)ccc2cc(O)cc(-c3ncc4c(N5CC6(CN(C(=O)CO)C6)C5)nc(OC[C@@]56CCCN5C[C@H](F)C6)nc4c3F)c12. The number of carbonyl (C=O) groups excluding carboxylic acids is 1. The second-order valence-corrected chi connectivity index (χ2v) is 13.3. The summed E-state index contributed by atoms with van der Waals surface area (Å²) in [7, 11) is 0. The van der Waals surface area contributed by atoms with Crippen LogP contribution in [-0.4, -0.2) is 105 Å². The predicted octanol–water partition coefficient (Wildman–Crippen LogP) is 3.41. The van der Waals surface area contributed by atoms with Crippen LogP contribution in [0.25, 0.3) is 32.9 Å². The molecule has 4 aliphatic rings. The van der Waals surface area contributed by atoms with Crippen molar-refractivity contribution in [3.63, 3.8) is 0 Å². The number of ether oxygens (including phenoxy) is 1. The molecule has 4 saturated heterocycles. The summed E-state index contributed by atoms with van der Waals surface area (Å²) in [4.78, 5) is 31.2. The van der Waals surface area contributed by atoms with Crippen LogP contribution in [0.15, 0.2) is 30.5 Å². The first-order valence-corrected chi connectivity index (χ1v) is 15.6. The van der Waals surface area contributed by atoms with Gasteiger partial charge in [-0.1, -0.05) is 12.0 Å². The van der Waals surface area contributed by atoms with E-state index in [-0.39, 0.29) is 57.4 Å². The Bertz CT molecular complexity index is 2010. The molecule has 6 heterocycles. The van der Waals surface area contributed by atoms with E-state index in [1.54, 1.807) is 4.90 Å². The Morgan fingerprint density at radius 2 is 1.98 bits per heavy atom. The number of benzene rings is 2. The maximum absolute atomic E-state index is 16.7.